The Labute approximate surface area is 121 Å². The first kappa shape index (κ1) is 15.1. The minimum absolute atomic E-state index is 0.195. The summed E-state index contributed by atoms with van der Waals surface area (Å²) in [5, 5.41) is 3.66. The third-order valence-electron chi connectivity index (χ3n) is 4.12. The highest BCUT2D eigenvalue weighted by molar-refractivity contribution is 5.42. The molecule has 2 rings (SSSR count). The Morgan fingerprint density at radius 1 is 1.15 bits per heavy atom. The maximum atomic E-state index is 5.54. The van der Waals surface area contributed by atoms with Gasteiger partial charge in [0.2, 0.25) is 0 Å². The molecule has 0 spiro atoms. The van der Waals surface area contributed by atoms with E-state index >= 15 is 0 Å². The van der Waals surface area contributed by atoms with Gasteiger partial charge in [-0.25, -0.2) is 0 Å². The highest BCUT2D eigenvalue weighted by atomic mass is 16.5. The third kappa shape index (κ3) is 3.25. The number of methoxy groups -OCH3 is 3. The fraction of sp³-hybridized carbons (Fsp3) is 0.625. The standard InChI is InChI=1S/C16H25NO3/c1-11(17-14-6-5-7-16(14)20-4)13-10-12(18-2)8-9-15(13)19-3/h8-11,14,16-17H,5-7H2,1-4H3. The van der Waals surface area contributed by atoms with Gasteiger partial charge in [-0.2, -0.15) is 0 Å². The van der Waals surface area contributed by atoms with Crippen LogP contribution in [0.25, 0.3) is 0 Å². The SMILES string of the molecule is COc1ccc(OC)c(C(C)NC2CCCC2OC)c1. The molecule has 3 unspecified atom stereocenters. The van der Waals surface area contributed by atoms with Crippen LogP contribution >= 0.6 is 0 Å². The van der Waals surface area contributed by atoms with E-state index < -0.39 is 0 Å². The van der Waals surface area contributed by atoms with E-state index in [1.165, 1.54) is 6.42 Å². The molecule has 1 saturated carbocycles. The Hall–Kier alpha value is -1.26. The van der Waals surface area contributed by atoms with Gasteiger partial charge in [0.1, 0.15) is 11.5 Å². The van der Waals surface area contributed by atoms with Gasteiger partial charge in [-0.05, 0) is 44.4 Å². The van der Waals surface area contributed by atoms with Crippen molar-refractivity contribution in [2.24, 2.45) is 0 Å². The summed E-state index contributed by atoms with van der Waals surface area (Å²) in [6, 6.07) is 6.51. The van der Waals surface area contributed by atoms with E-state index in [4.69, 9.17) is 14.2 Å². The van der Waals surface area contributed by atoms with Crippen LogP contribution in [0.15, 0.2) is 18.2 Å². The summed E-state index contributed by atoms with van der Waals surface area (Å²) in [6.45, 7) is 2.16. The molecule has 1 aromatic carbocycles. The van der Waals surface area contributed by atoms with Gasteiger partial charge in [0.15, 0.2) is 0 Å². The number of nitrogens with one attached hydrogen (secondary N) is 1. The van der Waals surface area contributed by atoms with Gasteiger partial charge in [-0.3, -0.25) is 0 Å². The number of hydrogen-bond acceptors (Lipinski definition) is 4. The minimum Gasteiger partial charge on any atom is -0.497 e. The third-order valence-corrected chi connectivity index (χ3v) is 4.12. The zero-order valence-corrected chi connectivity index (χ0v) is 12.8. The number of benzene rings is 1. The van der Waals surface area contributed by atoms with E-state index in [1.807, 2.05) is 18.2 Å². The summed E-state index contributed by atoms with van der Waals surface area (Å²) in [4.78, 5) is 0. The second-order valence-electron chi connectivity index (χ2n) is 5.31. The van der Waals surface area contributed by atoms with Gasteiger partial charge in [0.25, 0.3) is 0 Å². The van der Waals surface area contributed by atoms with Crippen molar-refractivity contribution >= 4 is 0 Å². The fourth-order valence-electron chi connectivity index (χ4n) is 2.99. The van der Waals surface area contributed by atoms with Gasteiger partial charge < -0.3 is 19.5 Å². The van der Waals surface area contributed by atoms with Crippen molar-refractivity contribution in [3.8, 4) is 11.5 Å². The molecule has 0 aromatic heterocycles. The smallest absolute Gasteiger partial charge is 0.123 e. The lowest BCUT2D eigenvalue weighted by atomic mass is 10.0. The molecule has 0 aliphatic heterocycles. The Balaban J connectivity index is 2.13. The molecule has 1 fully saturated rings. The van der Waals surface area contributed by atoms with Crippen molar-refractivity contribution in [3.63, 3.8) is 0 Å². The Morgan fingerprint density at radius 3 is 2.60 bits per heavy atom. The number of rotatable bonds is 6. The molecular formula is C16H25NO3. The van der Waals surface area contributed by atoms with Crippen LogP contribution in [0.4, 0.5) is 0 Å². The maximum Gasteiger partial charge on any atom is 0.123 e. The van der Waals surface area contributed by atoms with Crippen molar-refractivity contribution in [2.45, 2.75) is 44.4 Å². The summed E-state index contributed by atoms with van der Waals surface area (Å²) < 4.78 is 16.3. The predicted octanol–water partition coefficient (Wildman–Crippen LogP) is 2.92. The highest BCUT2D eigenvalue weighted by Crippen LogP contribution is 2.31. The summed E-state index contributed by atoms with van der Waals surface area (Å²) in [5.74, 6) is 1.74. The molecule has 0 amide bonds. The van der Waals surface area contributed by atoms with E-state index in [-0.39, 0.29) is 6.04 Å². The Bertz CT molecular complexity index is 436. The van der Waals surface area contributed by atoms with Crippen molar-refractivity contribution in [1.29, 1.82) is 0 Å². The Morgan fingerprint density at radius 2 is 1.95 bits per heavy atom. The van der Waals surface area contributed by atoms with Crippen LogP contribution in [0.5, 0.6) is 11.5 Å². The molecule has 0 radical (unpaired) electrons. The molecule has 1 aromatic rings. The summed E-state index contributed by atoms with van der Waals surface area (Å²) in [7, 11) is 5.18. The van der Waals surface area contributed by atoms with Gasteiger partial charge in [0.05, 0.1) is 20.3 Å². The zero-order valence-electron chi connectivity index (χ0n) is 12.8. The molecule has 4 heteroatoms. The second-order valence-corrected chi connectivity index (χ2v) is 5.31. The van der Waals surface area contributed by atoms with Gasteiger partial charge in [0, 0.05) is 24.8 Å². The van der Waals surface area contributed by atoms with Gasteiger partial charge >= 0.3 is 0 Å². The largest absolute Gasteiger partial charge is 0.497 e. The molecule has 1 aliphatic rings. The lowest BCUT2D eigenvalue weighted by Gasteiger charge is -2.25. The molecule has 0 bridgehead atoms. The molecule has 1 aliphatic carbocycles. The van der Waals surface area contributed by atoms with Crippen LogP contribution in [0, 0.1) is 0 Å². The maximum absolute atomic E-state index is 5.54. The van der Waals surface area contributed by atoms with E-state index in [1.54, 1.807) is 21.3 Å². The second kappa shape index (κ2) is 6.95. The quantitative estimate of drug-likeness (QED) is 0.869. The van der Waals surface area contributed by atoms with Crippen molar-refractivity contribution in [3.05, 3.63) is 23.8 Å². The summed E-state index contributed by atoms with van der Waals surface area (Å²) >= 11 is 0. The normalized spacial score (nSPS) is 23.6. The lowest BCUT2D eigenvalue weighted by molar-refractivity contribution is 0.0818. The van der Waals surface area contributed by atoms with E-state index in [2.05, 4.69) is 12.2 Å². The topological polar surface area (TPSA) is 39.7 Å². The average Bonchev–Trinajstić information content (AvgIpc) is 2.93. The molecule has 0 saturated heterocycles. The van der Waals surface area contributed by atoms with Crippen molar-refractivity contribution < 1.29 is 14.2 Å². The van der Waals surface area contributed by atoms with Crippen LogP contribution in [-0.4, -0.2) is 33.5 Å². The lowest BCUT2D eigenvalue weighted by Crippen LogP contribution is -2.38. The molecule has 3 atom stereocenters. The summed E-state index contributed by atoms with van der Waals surface area (Å²) in [5.41, 5.74) is 1.12. The first-order valence-corrected chi connectivity index (χ1v) is 7.20. The number of hydrogen-bond donors (Lipinski definition) is 1. The highest BCUT2D eigenvalue weighted by Gasteiger charge is 2.28. The first-order valence-electron chi connectivity index (χ1n) is 7.20. The van der Waals surface area contributed by atoms with Crippen LogP contribution < -0.4 is 14.8 Å². The van der Waals surface area contributed by atoms with Crippen molar-refractivity contribution in [1.82, 2.24) is 5.32 Å². The average molecular weight is 279 g/mol. The fourth-order valence-corrected chi connectivity index (χ4v) is 2.99. The number of ether oxygens (including phenoxy) is 3. The van der Waals surface area contributed by atoms with Crippen LogP contribution in [0.1, 0.15) is 37.8 Å². The molecule has 20 heavy (non-hydrogen) atoms. The molecular weight excluding hydrogens is 254 g/mol. The molecule has 0 heterocycles. The van der Waals surface area contributed by atoms with E-state index in [0.29, 0.717) is 12.1 Å². The Kier molecular flexibility index (Phi) is 5.26. The zero-order chi connectivity index (χ0) is 14.5. The van der Waals surface area contributed by atoms with Gasteiger partial charge in [-0.15, -0.1) is 0 Å². The monoisotopic (exact) mass is 279 g/mol. The molecule has 4 nitrogen and oxygen atoms in total. The van der Waals surface area contributed by atoms with Crippen molar-refractivity contribution in [2.75, 3.05) is 21.3 Å². The van der Waals surface area contributed by atoms with Gasteiger partial charge in [-0.1, -0.05) is 0 Å². The first-order chi connectivity index (χ1) is 9.69. The van der Waals surface area contributed by atoms with Crippen LogP contribution in [-0.2, 0) is 4.74 Å². The van der Waals surface area contributed by atoms with Crippen LogP contribution in [0.3, 0.4) is 0 Å². The van der Waals surface area contributed by atoms with E-state index in [0.717, 1.165) is 29.9 Å². The van der Waals surface area contributed by atoms with E-state index in [9.17, 15) is 0 Å². The molecule has 1 N–H and O–H groups in total. The summed E-state index contributed by atoms with van der Waals surface area (Å²) in [6.07, 6.45) is 3.83. The van der Waals surface area contributed by atoms with Crippen LogP contribution in [0.2, 0.25) is 0 Å². The molecule has 112 valence electrons. The predicted molar refractivity (Wildman–Crippen MR) is 79.5 cm³/mol. The minimum atomic E-state index is 0.195.